The van der Waals surface area contributed by atoms with Crippen LogP contribution >= 0.6 is 0 Å². The first kappa shape index (κ1) is 35.2. The lowest BCUT2D eigenvalue weighted by Crippen LogP contribution is -2.57. The summed E-state index contributed by atoms with van der Waals surface area (Å²) in [5.41, 5.74) is 2.56. The minimum atomic E-state index is -1.40. The highest BCUT2D eigenvalue weighted by molar-refractivity contribution is 6.02. The Hall–Kier alpha value is -5.28. The van der Waals surface area contributed by atoms with Crippen molar-refractivity contribution in [2.75, 3.05) is 0 Å². The Bertz CT molecular complexity index is 1610. The summed E-state index contributed by atoms with van der Waals surface area (Å²) < 4.78 is 4.92. The summed E-state index contributed by atoms with van der Waals surface area (Å²) in [6, 6.07) is 15.3. The molecule has 0 aliphatic heterocycles. The summed E-state index contributed by atoms with van der Waals surface area (Å²) in [5.74, 6) is -2.08. The highest BCUT2D eigenvalue weighted by Gasteiger charge is 2.31. The van der Waals surface area contributed by atoms with Gasteiger partial charge in [-0.05, 0) is 64.3 Å². The first-order valence-corrected chi connectivity index (χ1v) is 14.7. The van der Waals surface area contributed by atoms with Gasteiger partial charge in [-0.1, -0.05) is 59.3 Å². The van der Waals surface area contributed by atoms with Crippen molar-refractivity contribution in [3.8, 4) is 6.07 Å². The standard InChI is InChI=1S/C34H40N6O6/c1-20-7-9-25(10-8-20)19-36-31(43)27(37-33(45)29(22(3)41)38-32(44)28-15-21(2)46-40-28)17-24-13-11-23(12-14-24)16-26(18-35)30(42)39-34(4,5)6/h7-16,22,27,29,41H,17,19H2,1-6H3,(H,36,43)(H,37,45)(H,38,44)(H,39,42)/b26-16+/t22-,27+,29+/m1/s1. The zero-order valence-corrected chi connectivity index (χ0v) is 26.8. The van der Waals surface area contributed by atoms with Gasteiger partial charge in [-0.15, -0.1) is 0 Å². The molecule has 0 fully saturated rings. The van der Waals surface area contributed by atoms with Crippen LogP contribution in [0.2, 0.25) is 0 Å². The van der Waals surface area contributed by atoms with E-state index in [2.05, 4.69) is 26.4 Å². The lowest BCUT2D eigenvalue weighted by Gasteiger charge is -2.24. The number of hydrogen-bond acceptors (Lipinski definition) is 8. The van der Waals surface area contributed by atoms with Gasteiger partial charge in [-0.3, -0.25) is 19.2 Å². The predicted octanol–water partition coefficient (Wildman–Crippen LogP) is 2.64. The zero-order chi connectivity index (χ0) is 34.0. The molecular formula is C34H40N6O6. The second-order valence-corrected chi connectivity index (χ2v) is 12.1. The van der Waals surface area contributed by atoms with Crippen molar-refractivity contribution < 1.29 is 28.8 Å². The van der Waals surface area contributed by atoms with Gasteiger partial charge < -0.3 is 30.9 Å². The molecule has 12 nitrogen and oxygen atoms in total. The number of nitrogens with zero attached hydrogens (tertiary/aromatic N) is 2. The van der Waals surface area contributed by atoms with E-state index < -0.39 is 47.4 Å². The highest BCUT2D eigenvalue weighted by Crippen LogP contribution is 2.13. The fourth-order valence-electron chi connectivity index (χ4n) is 4.29. The monoisotopic (exact) mass is 628 g/mol. The number of amides is 4. The van der Waals surface area contributed by atoms with Gasteiger partial charge in [0.1, 0.15) is 29.5 Å². The Labute approximate surface area is 268 Å². The van der Waals surface area contributed by atoms with Crippen molar-refractivity contribution in [1.29, 1.82) is 5.26 Å². The molecule has 0 radical (unpaired) electrons. The molecule has 0 spiro atoms. The normalized spacial score (nSPS) is 13.5. The molecule has 1 heterocycles. The fraction of sp³-hybridized carbons (Fsp3) is 0.353. The van der Waals surface area contributed by atoms with Crippen LogP contribution in [0, 0.1) is 25.2 Å². The van der Waals surface area contributed by atoms with Gasteiger partial charge in [-0.2, -0.15) is 5.26 Å². The van der Waals surface area contributed by atoms with E-state index in [1.807, 2.05) is 58.0 Å². The Morgan fingerprint density at radius 2 is 1.61 bits per heavy atom. The molecule has 0 aliphatic carbocycles. The molecule has 0 saturated carbocycles. The summed E-state index contributed by atoms with van der Waals surface area (Å²) >= 11 is 0. The van der Waals surface area contributed by atoms with Crippen LogP contribution in [0.4, 0.5) is 0 Å². The van der Waals surface area contributed by atoms with E-state index in [0.29, 0.717) is 16.9 Å². The van der Waals surface area contributed by atoms with Crippen LogP contribution < -0.4 is 21.3 Å². The number of rotatable bonds is 12. The van der Waals surface area contributed by atoms with Crippen molar-refractivity contribution in [3.63, 3.8) is 0 Å². The SMILES string of the molecule is Cc1ccc(CNC(=O)[C@H](Cc2ccc(/C=C(\C#N)C(=O)NC(C)(C)C)cc2)NC(=O)[C@@H](NC(=O)c2cc(C)on2)[C@@H](C)O)cc1. The molecule has 0 unspecified atom stereocenters. The number of benzene rings is 2. The number of hydrogen-bond donors (Lipinski definition) is 5. The first-order chi connectivity index (χ1) is 21.6. The van der Waals surface area contributed by atoms with Crippen molar-refractivity contribution in [2.24, 2.45) is 0 Å². The van der Waals surface area contributed by atoms with Gasteiger partial charge in [0.15, 0.2) is 5.69 Å². The van der Waals surface area contributed by atoms with Crippen LogP contribution in [-0.4, -0.2) is 57.6 Å². The number of aliphatic hydroxyl groups is 1. The second kappa shape index (κ2) is 15.6. The van der Waals surface area contributed by atoms with Gasteiger partial charge >= 0.3 is 0 Å². The van der Waals surface area contributed by atoms with Crippen molar-refractivity contribution in [3.05, 3.63) is 93.9 Å². The van der Waals surface area contributed by atoms with Crippen LogP contribution in [0.3, 0.4) is 0 Å². The average Bonchev–Trinajstić information content (AvgIpc) is 3.43. The van der Waals surface area contributed by atoms with E-state index in [1.54, 1.807) is 31.2 Å². The van der Waals surface area contributed by atoms with E-state index in [4.69, 9.17) is 4.52 Å². The smallest absolute Gasteiger partial charge is 0.274 e. The van der Waals surface area contributed by atoms with Gasteiger partial charge in [0.05, 0.1) is 6.10 Å². The van der Waals surface area contributed by atoms with E-state index in [0.717, 1.165) is 11.1 Å². The summed E-state index contributed by atoms with van der Waals surface area (Å²) in [4.78, 5) is 51.9. The third kappa shape index (κ3) is 10.7. The molecule has 12 heteroatoms. The van der Waals surface area contributed by atoms with Crippen molar-refractivity contribution >= 4 is 29.7 Å². The zero-order valence-electron chi connectivity index (χ0n) is 26.8. The lowest BCUT2D eigenvalue weighted by molar-refractivity contribution is -0.131. The maximum atomic E-state index is 13.4. The molecule has 242 valence electrons. The topological polar surface area (TPSA) is 186 Å². The predicted molar refractivity (Wildman–Crippen MR) is 171 cm³/mol. The van der Waals surface area contributed by atoms with E-state index in [-0.39, 0.29) is 24.2 Å². The fourth-order valence-corrected chi connectivity index (χ4v) is 4.29. The van der Waals surface area contributed by atoms with Crippen LogP contribution in [-0.2, 0) is 27.3 Å². The Morgan fingerprint density at radius 1 is 0.978 bits per heavy atom. The maximum Gasteiger partial charge on any atom is 0.274 e. The molecule has 3 rings (SSSR count). The number of carbonyl (C=O) groups is 4. The number of carbonyl (C=O) groups excluding carboxylic acids is 4. The van der Waals surface area contributed by atoms with Gasteiger partial charge in [0.25, 0.3) is 11.8 Å². The van der Waals surface area contributed by atoms with Crippen LogP contribution in [0.5, 0.6) is 0 Å². The number of aryl methyl sites for hydroxylation is 2. The largest absolute Gasteiger partial charge is 0.391 e. The minimum absolute atomic E-state index is 0.0599. The molecule has 2 aromatic carbocycles. The van der Waals surface area contributed by atoms with E-state index in [9.17, 15) is 29.5 Å². The third-order valence-corrected chi connectivity index (χ3v) is 6.72. The van der Waals surface area contributed by atoms with Crippen LogP contribution in [0.15, 0.2) is 64.7 Å². The highest BCUT2D eigenvalue weighted by atomic mass is 16.5. The minimum Gasteiger partial charge on any atom is -0.391 e. The summed E-state index contributed by atoms with van der Waals surface area (Å²) in [6.07, 6.45) is 0.225. The number of nitriles is 1. The second-order valence-electron chi connectivity index (χ2n) is 12.1. The van der Waals surface area contributed by atoms with Crippen LogP contribution in [0.1, 0.15) is 66.2 Å². The lowest BCUT2D eigenvalue weighted by atomic mass is 10.0. The molecule has 5 N–H and O–H groups in total. The Morgan fingerprint density at radius 3 is 2.15 bits per heavy atom. The molecule has 46 heavy (non-hydrogen) atoms. The summed E-state index contributed by atoms with van der Waals surface area (Å²) in [6.45, 7) is 10.6. The van der Waals surface area contributed by atoms with E-state index in [1.165, 1.54) is 19.1 Å². The number of aliphatic hydroxyl groups excluding tert-OH is 1. The molecule has 4 amide bonds. The molecular weight excluding hydrogens is 588 g/mol. The molecule has 0 bridgehead atoms. The molecule has 0 saturated heterocycles. The van der Waals surface area contributed by atoms with Gasteiger partial charge in [0.2, 0.25) is 11.8 Å². The number of nitrogens with one attached hydrogen (secondary N) is 4. The first-order valence-electron chi connectivity index (χ1n) is 14.7. The summed E-state index contributed by atoms with van der Waals surface area (Å²) in [5, 5.41) is 34.2. The molecule has 0 aliphatic rings. The van der Waals surface area contributed by atoms with Crippen LogP contribution in [0.25, 0.3) is 6.08 Å². The quantitative estimate of drug-likeness (QED) is 0.150. The Balaban J connectivity index is 1.80. The van der Waals surface area contributed by atoms with Gasteiger partial charge in [0, 0.05) is 24.6 Å². The van der Waals surface area contributed by atoms with E-state index >= 15 is 0 Å². The number of aromatic nitrogens is 1. The Kier molecular flexibility index (Phi) is 12.0. The molecule has 3 atom stereocenters. The average molecular weight is 629 g/mol. The maximum absolute atomic E-state index is 13.4. The summed E-state index contributed by atoms with van der Waals surface area (Å²) in [7, 11) is 0. The molecule has 3 aromatic rings. The third-order valence-electron chi connectivity index (χ3n) is 6.72. The van der Waals surface area contributed by atoms with Crippen molar-refractivity contribution in [1.82, 2.24) is 26.4 Å². The molecule has 1 aromatic heterocycles. The van der Waals surface area contributed by atoms with Crippen molar-refractivity contribution in [2.45, 2.75) is 78.2 Å². The van der Waals surface area contributed by atoms with Gasteiger partial charge in [-0.25, -0.2) is 0 Å².